The molecule has 2 aromatic carbocycles. The summed E-state index contributed by atoms with van der Waals surface area (Å²) >= 11 is 0. The molecule has 1 amide bonds. The van der Waals surface area contributed by atoms with Crippen molar-refractivity contribution >= 4 is 11.9 Å². The van der Waals surface area contributed by atoms with Crippen LogP contribution >= 0.6 is 0 Å². The molecule has 5 rings (SSSR count). The predicted molar refractivity (Wildman–Crippen MR) is 163 cm³/mol. The number of unbranched alkanes of at least 4 members (excludes halogenated alkanes) is 1. The van der Waals surface area contributed by atoms with E-state index in [0.717, 1.165) is 48.3 Å². The van der Waals surface area contributed by atoms with Crippen LogP contribution in [0.5, 0.6) is 0 Å². The van der Waals surface area contributed by atoms with Gasteiger partial charge in [0, 0.05) is 50.5 Å². The van der Waals surface area contributed by atoms with Gasteiger partial charge in [-0.3, -0.25) is 14.5 Å². The van der Waals surface area contributed by atoms with Crippen LogP contribution in [0.25, 0.3) is 0 Å². The average molecular weight is 594 g/mol. The first-order valence-electron chi connectivity index (χ1n) is 16.0. The summed E-state index contributed by atoms with van der Waals surface area (Å²) < 4.78 is 13.2. The second-order valence-corrected chi connectivity index (χ2v) is 12.3. The Morgan fingerprint density at radius 3 is 2.26 bits per heavy atom. The number of aliphatic hydroxyl groups excluding tert-OH is 1. The lowest BCUT2D eigenvalue weighted by Crippen LogP contribution is -2.45. The topological polar surface area (TPSA) is 112 Å². The Morgan fingerprint density at radius 2 is 1.53 bits per heavy atom. The third-order valence-electron chi connectivity index (χ3n) is 9.01. The number of likely N-dealkylation sites (tertiary alicyclic amines) is 2. The molecule has 3 heterocycles. The summed E-state index contributed by atoms with van der Waals surface area (Å²) in [6, 6.07) is 16.6. The van der Waals surface area contributed by atoms with Gasteiger partial charge in [0.2, 0.25) is 5.91 Å². The van der Waals surface area contributed by atoms with Crippen LogP contribution in [0.2, 0.25) is 0 Å². The van der Waals surface area contributed by atoms with Crippen LogP contribution in [-0.2, 0) is 32.2 Å². The highest BCUT2D eigenvalue weighted by Crippen LogP contribution is 2.39. The number of hydrogen-bond acceptors (Lipinski definition) is 7. The third kappa shape index (κ3) is 9.33. The first-order valence-corrected chi connectivity index (χ1v) is 16.0. The van der Waals surface area contributed by atoms with Gasteiger partial charge in [-0.15, -0.1) is 0 Å². The molecule has 3 fully saturated rings. The molecule has 0 spiro atoms. The minimum absolute atomic E-state index is 0.0189. The number of amides is 1. The van der Waals surface area contributed by atoms with Crippen molar-refractivity contribution in [3.8, 4) is 0 Å². The zero-order chi connectivity index (χ0) is 30.0. The Labute approximate surface area is 255 Å². The molecule has 0 aliphatic carbocycles. The summed E-state index contributed by atoms with van der Waals surface area (Å²) in [5.74, 6) is -0.905. The van der Waals surface area contributed by atoms with E-state index in [4.69, 9.17) is 14.6 Å². The van der Waals surface area contributed by atoms with Crippen LogP contribution in [0.1, 0.15) is 92.4 Å². The fourth-order valence-electron chi connectivity index (χ4n) is 6.54. The normalized spacial score (nSPS) is 24.8. The van der Waals surface area contributed by atoms with E-state index in [1.807, 2.05) is 36.4 Å². The van der Waals surface area contributed by atoms with E-state index in [-0.39, 0.29) is 31.1 Å². The molecule has 0 saturated carbocycles. The Hall–Kier alpha value is -2.82. The van der Waals surface area contributed by atoms with E-state index >= 15 is 0 Å². The molecule has 43 heavy (non-hydrogen) atoms. The fraction of sp³-hybridized carbons (Fsp3) is 0.588. The van der Waals surface area contributed by atoms with Crippen LogP contribution in [0.15, 0.2) is 48.5 Å². The zero-order valence-corrected chi connectivity index (χ0v) is 25.2. The molecule has 2 aromatic rings. The van der Waals surface area contributed by atoms with E-state index in [9.17, 15) is 14.7 Å². The number of carbonyl (C=O) groups excluding carboxylic acids is 1. The second-order valence-electron chi connectivity index (χ2n) is 12.3. The maximum absolute atomic E-state index is 12.2. The standard InChI is InChI=1S/C34H47N3O6/c38-24-26-11-13-27(14-12-26)31-20-30(23-37-19-5-6-29(37)22-36-17-3-4-18-36)42-34(43-31)28-15-9-25(10-16-28)21-35-32(39)7-1-2-8-33(40)41/h9-16,29-31,34,38H,1-8,17-24H2,(H,35,39)(H,40,41). The fourth-order valence-corrected chi connectivity index (χ4v) is 6.54. The van der Waals surface area contributed by atoms with Crippen molar-refractivity contribution < 1.29 is 29.3 Å². The number of nitrogens with one attached hydrogen (secondary N) is 1. The molecule has 4 atom stereocenters. The lowest BCUT2D eigenvalue weighted by atomic mass is 9.99. The number of rotatable bonds is 14. The molecule has 4 unspecified atom stereocenters. The Morgan fingerprint density at radius 1 is 0.837 bits per heavy atom. The SMILES string of the molecule is O=C(O)CCCCC(=O)NCc1ccc(C2OC(CN3CCCC3CN3CCCC3)CC(c3ccc(CO)cc3)O2)cc1. The number of carbonyl (C=O) groups is 2. The first kappa shape index (κ1) is 31.6. The van der Waals surface area contributed by atoms with Crippen molar-refractivity contribution in [3.05, 3.63) is 70.8 Å². The maximum Gasteiger partial charge on any atom is 0.303 e. The lowest BCUT2D eigenvalue weighted by molar-refractivity contribution is -0.253. The summed E-state index contributed by atoms with van der Waals surface area (Å²) in [6.07, 6.45) is 6.78. The summed E-state index contributed by atoms with van der Waals surface area (Å²) in [5.41, 5.74) is 3.90. The van der Waals surface area contributed by atoms with E-state index in [1.165, 1.54) is 38.8 Å². The number of carboxylic acid groups (broad SMARTS) is 1. The van der Waals surface area contributed by atoms with Crippen molar-refractivity contribution in [2.75, 3.05) is 32.7 Å². The molecular formula is C34H47N3O6. The highest BCUT2D eigenvalue weighted by Gasteiger charge is 2.36. The van der Waals surface area contributed by atoms with Crippen molar-refractivity contribution in [2.24, 2.45) is 0 Å². The quantitative estimate of drug-likeness (QED) is 0.274. The number of ether oxygens (including phenoxy) is 2. The van der Waals surface area contributed by atoms with Gasteiger partial charge >= 0.3 is 5.97 Å². The smallest absolute Gasteiger partial charge is 0.303 e. The monoisotopic (exact) mass is 593 g/mol. The zero-order valence-electron chi connectivity index (χ0n) is 25.2. The van der Waals surface area contributed by atoms with E-state index in [1.54, 1.807) is 0 Å². The van der Waals surface area contributed by atoms with Gasteiger partial charge in [0.15, 0.2) is 6.29 Å². The Balaban J connectivity index is 1.21. The largest absolute Gasteiger partial charge is 0.481 e. The molecule has 3 saturated heterocycles. The summed E-state index contributed by atoms with van der Waals surface area (Å²) in [4.78, 5) is 28.1. The molecular weight excluding hydrogens is 546 g/mol. The minimum atomic E-state index is -0.832. The van der Waals surface area contributed by atoms with E-state index < -0.39 is 12.3 Å². The van der Waals surface area contributed by atoms with Crippen LogP contribution in [-0.4, -0.2) is 76.8 Å². The first-order chi connectivity index (χ1) is 21.0. The van der Waals surface area contributed by atoms with E-state index in [2.05, 4.69) is 27.2 Å². The molecule has 3 aliphatic rings. The highest BCUT2D eigenvalue weighted by molar-refractivity contribution is 5.75. The third-order valence-corrected chi connectivity index (χ3v) is 9.01. The van der Waals surface area contributed by atoms with Gasteiger partial charge in [-0.1, -0.05) is 48.5 Å². The Kier molecular flexibility index (Phi) is 11.6. The number of carboxylic acids is 1. The van der Waals surface area contributed by atoms with Crippen molar-refractivity contribution in [1.29, 1.82) is 0 Å². The summed E-state index contributed by atoms with van der Waals surface area (Å²) in [6.45, 7) is 6.03. The van der Waals surface area contributed by atoms with Crippen LogP contribution in [0.3, 0.4) is 0 Å². The molecule has 0 bridgehead atoms. The lowest BCUT2D eigenvalue weighted by Gasteiger charge is -2.39. The molecule has 3 aliphatic heterocycles. The maximum atomic E-state index is 12.2. The molecule has 9 heteroatoms. The number of aliphatic hydroxyl groups is 1. The minimum Gasteiger partial charge on any atom is -0.481 e. The summed E-state index contributed by atoms with van der Waals surface area (Å²) in [7, 11) is 0. The average Bonchev–Trinajstić information content (AvgIpc) is 3.71. The second kappa shape index (κ2) is 15.8. The molecule has 234 valence electrons. The van der Waals surface area contributed by atoms with Gasteiger partial charge in [-0.2, -0.15) is 0 Å². The van der Waals surface area contributed by atoms with Crippen LogP contribution in [0.4, 0.5) is 0 Å². The number of aliphatic carboxylic acids is 1. The molecule has 0 radical (unpaired) electrons. The van der Waals surface area contributed by atoms with Crippen molar-refractivity contribution in [2.45, 2.75) is 95.5 Å². The number of hydrogen-bond donors (Lipinski definition) is 3. The van der Waals surface area contributed by atoms with Gasteiger partial charge in [0.25, 0.3) is 0 Å². The molecule has 9 nitrogen and oxygen atoms in total. The van der Waals surface area contributed by atoms with Gasteiger partial charge in [0.05, 0.1) is 18.8 Å². The van der Waals surface area contributed by atoms with Crippen molar-refractivity contribution in [1.82, 2.24) is 15.1 Å². The van der Waals surface area contributed by atoms with Crippen molar-refractivity contribution in [3.63, 3.8) is 0 Å². The predicted octanol–water partition coefficient (Wildman–Crippen LogP) is 4.55. The van der Waals surface area contributed by atoms with Gasteiger partial charge < -0.3 is 29.9 Å². The molecule has 0 aromatic heterocycles. The van der Waals surface area contributed by atoms with Gasteiger partial charge in [0.1, 0.15) is 0 Å². The van der Waals surface area contributed by atoms with Gasteiger partial charge in [-0.05, 0) is 74.8 Å². The molecule has 3 N–H and O–H groups in total. The van der Waals surface area contributed by atoms with Crippen LogP contribution in [0, 0.1) is 0 Å². The van der Waals surface area contributed by atoms with Crippen LogP contribution < -0.4 is 5.32 Å². The highest BCUT2D eigenvalue weighted by atomic mass is 16.7. The van der Waals surface area contributed by atoms with E-state index in [0.29, 0.717) is 31.8 Å². The summed E-state index contributed by atoms with van der Waals surface area (Å²) in [5, 5.41) is 21.2. The number of nitrogens with zero attached hydrogens (tertiary/aromatic N) is 2. The van der Waals surface area contributed by atoms with Gasteiger partial charge in [-0.25, -0.2) is 0 Å². The number of benzene rings is 2. The Bertz CT molecular complexity index is 1170.